The van der Waals surface area contributed by atoms with Gasteiger partial charge in [0.2, 0.25) is 11.8 Å². The summed E-state index contributed by atoms with van der Waals surface area (Å²) < 4.78 is 5.55. The molecule has 4 rings (SSSR count). The lowest BCUT2D eigenvalue weighted by Crippen LogP contribution is -2.47. The minimum Gasteiger partial charge on any atom is -0.465 e. The second kappa shape index (κ2) is 6.47. The third-order valence-corrected chi connectivity index (χ3v) is 5.85. The quantitative estimate of drug-likeness (QED) is 0.896. The monoisotopic (exact) mass is 372 g/mol. The number of aryl methyl sites for hydroxylation is 1. The summed E-state index contributed by atoms with van der Waals surface area (Å²) in [6, 6.07) is 11.3. The van der Waals surface area contributed by atoms with Crippen molar-refractivity contribution >= 4 is 23.4 Å². The first-order valence-electron chi connectivity index (χ1n) is 8.88. The standard InChI is InChI=1S/C20H21ClN2O3/c1-13-6-8-15(26-13)11-22-19(25)20(16-4-2-3-5-17(16)21)10-14-7-9-18(24)23(14)12-20/h2-6,8,14H,7,9-12H2,1H3,(H,22,25)/t14-,20-/m0/s1. The predicted octanol–water partition coefficient (Wildman–Crippen LogP) is 3.19. The summed E-state index contributed by atoms with van der Waals surface area (Å²) in [6.07, 6.45) is 1.97. The van der Waals surface area contributed by atoms with E-state index in [4.69, 9.17) is 16.0 Å². The van der Waals surface area contributed by atoms with E-state index in [9.17, 15) is 9.59 Å². The highest BCUT2D eigenvalue weighted by atomic mass is 35.5. The fourth-order valence-electron chi connectivity index (χ4n) is 4.23. The first-order chi connectivity index (χ1) is 12.5. The smallest absolute Gasteiger partial charge is 0.232 e. The van der Waals surface area contributed by atoms with Crippen LogP contribution in [0.5, 0.6) is 0 Å². The Bertz CT molecular complexity index is 862. The van der Waals surface area contributed by atoms with Crippen molar-refractivity contribution in [1.82, 2.24) is 10.2 Å². The molecular formula is C20H21ClN2O3. The summed E-state index contributed by atoms with van der Waals surface area (Å²) in [6.45, 7) is 2.56. The van der Waals surface area contributed by atoms with Gasteiger partial charge in [-0.1, -0.05) is 29.8 Å². The van der Waals surface area contributed by atoms with Crippen LogP contribution in [-0.2, 0) is 21.5 Å². The fourth-order valence-corrected chi connectivity index (χ4v) is 4.54. The molecule has 0 bridgehead atoms. The Labute approximate surface area is 157 Å². The number of carbonyl (C=O) groups is 2. The van der Waals surface area contributed by atoms with Gasteiger partial charge in [-0.2, -0.15) is 0 Å². The van der Waals surface area contributed by atoms with E-state index < -0.39 is 5.41 Å². The van der Waals surface area contributed by atoms with Crippen molar-refractivity contribution in [2.24, 2.45) is 0 Å². The number of amides is 2. The maximum absolute atomic E-state index is 13.3. The number of nitrogens with one attached hydrogen (secondary N) is 1. The predicted molar refractivity (Wildman–Crippen MR) is 97.8 cm³/mol. The molecular weight excluding hydrogens is 352 g/mol. The molecule has 5 nitrogen and oxygen atoms in total. The number of fused-ring (bicyclic) bond motifs is 1. The summed E-state index contributed by atoms with van der Waals surface area (Å²) in [5.74, 6) is 1.53. The van der Waals surface area contributed by atoms with Crippen molar-refractivity contribution in [1.29, 1.82) is 0 Å². The lowest BCUT2D eigenvalue weighted by Gasteiger charge is -2.29. The topological polar surface area (TPSA) is 62.6 Å². The van der Waals surface area contributed by atoms with Crippen LogP contribution in [0.1, 0.15) is 36.3 Å². The molecule has 0 saturated carbocycles. The number of halogens is 1. The fraction of sp³-hybridized carbons (Fsp3) is 0.400. The van der Waals surface area contributed by atoms with Crippen molar-refractivity contribution in [2.45, 2.75) is 44.2 Å². The highest BCUT2D eigenvalue weighted by Gasteiger charge is 2.54. The molecule has 2 fully saturated rings. The van der Waals surface area contributed by atoms with Gasteiger partial charge in [0.05, 0.1) is 12.0 Å². The van der Waals surface area contributed by atoms with E-state index in [1.807, 2.05) is 42.2 Å². The first kappa shape index (κ1) is 17.2. The molecule has 2 aliphatic heterocycles. The molecule has 6 heteroatoms. The minimum atomic E-state index is -0.819. The van der Waals surface area contributed by atoms with Crippen LogP contribution in [0.25, 0.3) is 0 Å². The average molecular weight is 373 g/mol. The second-order valence-electron chi connectivity index (χ2n) is 7.18. The van der Waals surface area contributed by atoms with Crippen molar-refractivity contribution in [3.63, 3.8) is 0 Å². The van der Waals surface area contributed by atoms with Crippen LogP contribution in [0, 0.1) is 6.92 Å². The molecule has 1 aromatic heterocycles. The molecule has 1 aromatic carbocycles. The molecule has 0 spiro atoms. The van der Waals surface area contributed by atoms with Crippen LogP contribution < -0.4 is 5.32 Å². The highest BCUT2D eigenvalue weighted by molar-refractivity contribution is 6.31. The zero-order valence-corrected chi connectivity index (χ0v) is 15.4. The number of furan rings is 1. The molecule has 0 aliphatic carbocycles. The second-order valence-corrected chi connectivity index (χ2v) is 7.58. The van der Waals surface area contributed by atoms with Crippen LogP contribution in [0.2, 0.25) is 5.02 Å². The van der Waals surface area contributed by atoms with Crippen molar-refractivity contribution < 1.29 is 14.0 Å². The lowest BCUT2D eigenvalue weighted by atomic mass is 9.76. The Hall–Kier alpha value is -2.27. The molecule has 2 aromatic rings. The maximum Gasteiger partial charge on any atom is 0.232 e. The van der Waals surface area contributed by atoms with Gasteiger partial charge in [0, 0.05) is 24.0 Å². The Balaban J connectivity index is 1.64. The van der Waals surface area contributed by atoms with Gasteiger partial charge in [-0.3, -0.25) is 9.59 Å². The van der Waals surface area contributed by atoms with Gasteiger partial charge < -0.3 is 14.6 Å². The molecule has 0 unspecified atom stereocenters. The molecule has 26 heavy (non-hydrogen) atoms. The molecule has 1 N–H and O–H groups in total. The summed E-state index contributed by atoms with van der Waals surface area (Å²) >= 11 is 6.45. The first-order valence-corrected chi connectivity index (χ1v) is 9.25. The van der Waals surface area contributed by atoms with E-state index in [0.29, 0.717) is 36.7 Å². The number of benzene rings is 1. The molecule has 136 valence electrons. The minimum absolute atomic E-state index is 0.107. The Morgan fingerprint density at radius 1 is 1.35 bits per heavy atom. The Kier molecular flexibility index (Phi) is 4.27. The summed E-state index contributed by atoms with van der Waals surface area (Å²) in [4.78, 5) is 27.3. The maximum atomic E-state index is 13.3. The van der Waals surface area contributed by atoms with Gasteiger partial charge in [0.1, 0.15) is 11.5 Å². The summed E-state index contributed by atoms with van der Waals surface area (Å²) in [5.41, 5.74) is -0.0298. The van der Waals surface area contributed by atoms with Crippen LogP contribution in [0.3, 0.4) is 0 Å². The molecule has 2 saturated heterocycles. The van der Waals surface area contributed by atoms with Crippen LogP contribution in [-0.4, -0.2) is 29.3 Å². The third-order valence-electron chi connectivity index (χ3n) is 5.52. The summed E-state index contributed by atoms with van der Waals surface area (Å²) in [7, 11) is 0. The Morgan fingerprint density at radius 3 is 2.85 bits per heavy atom. The van der Waals surface area contributed by atoms with Gasteiger partial charge in [-0.25, -0.2) is 0 Å². The lowest BCUT2D eigenvalue weighted by molar-refractivity contribution is -0.129. The summed E-state index contributed by atoms with van der Waals surface area (Å²) in [5, 5.41) is 3.56. The number of hydrogen-bond donors (Lipinski definition) is 1. The Morgan fingerprint density at radius 2 is 2.15 bits per heavy atom. The highest BCUT2D eigenvalue weighted by Crippen LogP contribution is 2.45. The largest absolute Gasteiger partial charge is 0.465 e. The molecule has 3 heterocycles. The van der Waals surface area contributed by atoms with Crippen LogP contribution >= 0.6 is 11.6 Å². The van der Waals surface area contributed by atoms with Crippen molar-refractivity contribution in [3.05, 3.63) is 58.5 Å². The van der Waals surface area contributed by atoms with E-state index in [1.165, 1.54) is 0 Å². The van der Waals surface area contributed by atoms with Crippen LogP contribution in [0.4, 0.5) is 0 Å². The van der Waals surface area contributed by atoms with E-state index in [2.05, 4.69) is 5.32 Å². The zero-order chi connectivity index (χ0) is 18.3. The molecule has 2 atom stereocenters. The van der Waals surface area contributed by atoms with Gasteiger partial charge >= 0.3 is 0 Å². The number of hydrogen-bond acceptors (Lipinski definition) is 3. The third kappa shape index (κ3) is 2.80. The molecule has 0 radical (unpaired) electrons. The number of rotatable bonds is 4. The van der Waals surface area contributed by atoms with Gasteiger partial charge in [0.25, 0.3) is 0 Å². The zero-order valence-electron chi connectivity index (χ0n) is 14.6. The van der Waals surface area contributed by atoms with Gasteiger partial charge in [0.15, 0.2) is 0 Å². The molecule has 2 amide bonds. The molecule has 2 aliphatic rings. The van der Waals surface area contributed by atoms with Crippen molar-refractivity contribution in [3.8, 4) is 0 Å². The number of nitrogens with zero attached hydrogens (tertiary/aromatic N) is 1. The van der Waals surface area contributed by atoms with E-state index >= 15 is 0 Å². The van der Waals surface area contributed by atoms with Gasteiger partial charge in [-0.15, -0.1) is 0 Å². The van der Waals surface area contributed by atoms with Crippen LogP contribution in [0.15, 0.2) is 40.8 Å². The number of carbonyl (C=O) groups excluding carboxylic acids is 2. The van der Waals surface area contributed by atoms with Crippen molar-refractivity contribution in [2.75, 3.05) is 6.54 Å². The average Bonchev–Trinajstić information content (AvgIpc) is 3.30. The van der Waals surface area contributed by atoms with E-state index in [-0.39, 0.29) is 17.9 Å². The van der Waals surface area contributed by atoms with E-state index in [1.54, 1.807) is 6.07 Å². The van der Waals surface area contributed by atoms with Gasteiger partial charge in [-0.05, 0) is 43.5 Å². The van der Waals surface area contributed by atoms with E-state index in [0.717, 1.165) is 17.7 Å². The SMILES string of the molecule is Cc1ccc(CNC(=O)[C@@]2(c3ccccc3Cl)C[C@@H]3CCC(=O)N3C2)o1. The normalized spacial score (nSPS) is 24.8.